The quantitative estimate of drug-likeness (QED) is 0.726. The van der Waals surface area contributed by atoms with E-state index in [4.69, 9.17) is 4.98 Å². The molecule has 0 spiro atoms. The summed E-state index contributed by atoms with van der Waals surface area (Å²) in [5.74, 6) is 0.0895. The summed E-state index contributed by atoms with van der Waals surface area (Å²) >= 11 is 1.78. The molecule has 2 aromatic carbocycles. The van der Waals surface area contributed by atoms with Gasteiger partial charge < -0.3 is 10.2 Å². The third-order valence-electron chi connectivity index (χ3n) is 5.40. The molecule has 3 aromatic rings. The van der Waals surface area contributed by atoms with Crippen LogP contribution in [0.5, 0.6) is 0 Å². The molecule has 4 rings (SSSR count). The van der Waals surface area contributed by atoms with E-state index in [2.05, 4.69) is 35.6 Å². The number of anilines is 1. The summed E-state index contributed by atoms with van der Waals surface area (Å²) in [6.07, 6.45) is 3.49. The van der Waals surface area contributed by atoms with Crippen LogP contribution in [-0.2, 0) is 4.79 Å². The minimum Gasteiger partial charge on any atom is -0.321 e. The second-order valence-corrected chi connectivity index (χ2v) is 8.58. The number of hydrogen-bond donors (Lipinski definition) is 2. The lowest BCUT2D eigenvalue weighted by molar-refractivity contribution is -0.929. The van der Waals surface area contributed by atoms with Crippen molar-refractivity contribution in [2.45, 2.75) is 39.2 Å². The summed E-state index contributed by atoms with van der Waals surface area (Å²) in [7, 11) is 0. The molecule has 2 atom stereocenters. The molecule has 1 aliphatic rings. The zero-order valence-electron chi connectivity index (χ0n) is 15.9. The van der Waals surface area contributed by atoms with Crippen LogP contribution in [-0.4, -0.2) is 24.0 Å². The zero-order chi connectivity index (χ0) is 18.8. The number of benzene rings is 2. The average molecular weight is 381 g/mol. The Morgan fingerprint density at radius 3 is 2.93 bits per heavy atom. The molecular formula is C22H26N3OS+. The van der Waals surface area contributed by atoms with Gasteiger partial charge in [0.05, 0.1) is 16.8 Å². The molecule has 1 aliphatic heterocycles. The Kier molecular flexibility index (Phi) is 5.23. The van der Waals surface area contributed by atoms with Crippen LogP contribution in [0.15, 0.2) is 42.5 Å². The molecule has 0 saturated carbocycles. The molecular weight excluding hydrogens is 354 g/mol. The van der Waals surface area contributed by atoms with Crippen LogP contribution in [0.1, 0.15) is 41.4 Å². The zero-order valence-corrected chi connectivity index (χ0v) is 16.7. The molecule has 0 bridgehead atoms. The van der Waals surface area contributed by atoms with E-state index in [-0.39, 0.29) is 5.91 Å². The van der Waals surface area contributed by atoms with Gasteiger partial charge in [-0.15, -0.1) is 11.3 Å². The SMILES string of the molecule is Cc1ccc(C)c(NC(=O)C[NH+]2CCCC[C@H]2c2nc3ccccc3s2)c1. The minimum atomic E-state index is 0.0895. The number of nitrogens with one attached hydrogen (secondary N) is 2. The van der Waals surface area contributed by atoms with Crippen LogP contribution < -0.4 is 10.2 Å². The topological polar surface area (TPSA) is 46.4 Å². The molecule has 1 fully saturated rings. The number of amides is 1. The molecule has 140 valence electrons. The highest BCUT2D eigenvalue weighted by Gasteiger charge is 2.32. The Hall–Kier alpha value is -2.24. The Labute approximate surface area is 164 Å². The van der Waals surface area contributed by atoms with Crippen LogP contribution in [0.2, 0.25) is 0 Å². The van der Waals surface area contributed by atoms with Gasteiger partial charge in [0.1, 0.15) is 6.04 Å². The first-order valence-corrected chi connectivity index (χ1v) is 10.5. The number of carbonyl (C=O) groups is 1. The fourth-order valence-electron chi connectivity index (χ4n) is 3.90. The Morgan fingerprint density at radius 2 is 2.07 bits per heavy atom. The van der Waals surface area contributed by atoms with Gasteiger partial charge in [-0.1, -0.05) is 24.3 Å². The summed E-state index contributed by atoms with van der Waals surface area (Å²) in [6, 6.07) is 14.8. The van der Waals surface area contributed by atoms with Crippen LogP contribution >= 0.6 is 11.3 Å². The van der Waals surface area contributed by atoms with Crippen LogP contribution in [0, 0.1) is 13.8 Å². The van der Waals surface area contributed by atoms with Crippen LogP contribution in [0.3, 0.4) is 0 Å². The molecule has 27 heavy (non-hydrogen) atoms. The van der Waals surface area contributed by atoms with Gasteiger partial charge in [0.2, 0.25) is 0 Å². The molecule has 4 nitrogen and oxygen atoms in total. The lowest BCUT2D eigenvalue weighted by atomic mass is 10.0. The molecule has 1 unspecified atom stereocenters. The number of likely N-dealkylation sites (tertiary alicyclic amines) is 1. The molecule has 2 N–H and O–H groups in total. The number of carbonyl (C=O) groups excluding carboxylic acids is 1. The van der Waals surface area contributed by atoms with E-state index < -0.39 is 0 Å². The van der Waals surface area contributed by atoms with E-state index in [1.165, 1.54) is 27.4 Å². The first-order valence-electron chi connectivity index (χ1n) is 9.67. The number of rotatable bonds is 4. The van der Waals surface area contributed by atoms with E-state index in [9.17, 15) is 4.79 Å². The lowest BCUT2D eigenvalue weighted by Crippen LogP contribution is -3.14. The Morgan fingerprint density at radius 1 is 1.22 bits per heavy atom. The first kappa shape index (κ1) is 18.1. The van der Waals surface area contributed by atoms with Crippen molar-refractivity contribution in [2.24, 2.45) is 0 Å². The summed E-state index contributed by atoms with van der Waals surface area (Å²) in [6.45, 7) is 5.61. The van der Waals surface area contributed by atoms with Crippen molar-refractivity contribution in [3.63, 3.8) is 0 Å². The number of aryl methyl sites for hydroxylation is 2. The van der Waals surface area contributed by atoms with Gasteiger partial charge >= 0.3 is 0 Å². The molecule has 1 aromatic heterocycles. The molecule has 1 saturated heterocycles. The largest absolute Gasteiger partial charge is 0.321 e. The number of thiazole rings is 1. The van der Waals surface area contributed by atoms with Crippen LogP contribution in [0.25, 0.3) is 10.2 Å². The highest BCUT2D eigenvalue weighted by molar-refractivity contribution is 7.18. The van der Waals surface area contributed by atoms with Crippen molar-refractivity contribution in [1.29, 1.82) is 0 Å². The molecule has 0 aliphatic carbocycles. The molecule has 2 heterocycles. The second-order valence-electron chi connectivity index (χ2n) is 7.52. The summed E-state index contributed by atoms with van der Waals surface area (Å²) in [5, 5.41) is 4.29. The Balaban J connectivity index is 1.50. The smallest absolute Gasteiger partial charge is 0.279 e. The van der Waals surface area contributed by atoms with Gasteiger partial charge in [-0.3, -0.25) is 4.79 Å². The fourth-order valence-corrected chi connectivity index (χ4v) is 5.06. The minimum absolute atomic E-state index is 0.0895. The van der Waals surface area contributed by atoms with E-state index in [0.717, 1.165) is 35.3 Å². The number of piperidine rings is 1. The van der Waals surface area contributed by atoms with Crippen molar-refractivity contribution in [3.05, 3.63) is 58.6 Å². The van der Waals surface area contributed by atoms with E-state index in [1.807, 2.05) is 26.0 Å². The van der Waals surface area contributed by atoms with Gasteiger partial charge in [-0.05, 0) is 56.0 Å². The van der Waals surface area contributed by atoms with Crippen molar-refractivity contribution >= 4 is 33.1 Å². The van der Waals surface area contributed by atoms with Crippen LogP contribution in [0.4, 0.5) is 5.69 Å². The molecule has 1 amide bonds. The van der Waals surface area contributed by atoms with Gasteiger partial charge in [-0.2, -0.15) is 0 Å². The standard InChI is InChI=1S/C22H25N3OS/c1-15-10-11-16(2)18(13-15)23-21(26)14-25-12-6-5-8-19(25)22-24-17-7-3-4-9-20(17)27-22/h3-4,7,9-11,13,19H,5-6,8,12,14H2,1-2H3,(H,23,26)/p+1/t19-/m0/s1. The predicted molar refractivity (Wildman–Crippen MR) is 111 cm³/mol. The maximum Gasteiger partial charge on any atom is 0.279 e. The summed E-state index contributed by atoms with van der Waals surface area (Å²) in [4.78, 5) is 19.0. The van der Waals surface area contributed by atoms with E-state index in [0.29, 0.717) is 12.6 Å². The van der Waals surface area contributed by atoms with Crippen molar-refractivity contribution in [3.8, 4) is 0 Å². The van der Waals surface area contributed by atoms with Gasteiger partial charge in [-0.25, -0.2) is 4.98 Å². The number of para-hydroxylation sites is 1. The first-order chi connectivity index (χ1) is 13.1. The van der Waals surface area contributed by atoms with Crippen molar-refractivity contribution in [2.75, 3.05) is 18.4 Å². The monoisotopic (exact) mass is 380 g/mol. The molecule has 0 radical (unpaired) electrons. The van der Waals surface area contributed by atoms with E-state index in [1.54, 1.807) is 11.3 Å². The highest BCUT2D eigenvalue weighted by Crippen LogP contribution is 2.28. The van der Waals surface area contributed by atoms with Gasteiger partial charge in [0.25, 0.3) is 5.91 Å². The van der Waals surface area contributed by atoms with Gasteiger partial charge in [0.15, 0.2) is 11.6 Å². The van der Waals surface area contributed by atoms with Crippen molar-refractivity contribution in [1.82, 2.24) is 4.98 Å². The fraction of sp³-hybridized carbons (Fsp3) is 0.364. The second kappa shape index (κ2) is 7.79. The number of quaternary nitrogens is 1. The average Bonchev–Trinajstić information content (AvgIpc) is 3.09. The number of aromatic nitrogens is 1. The number of fused-ring (bicyclic) bond motifs is 1. The summed E-state index contributed by atoms with van der Waals surface area (Å²) in [5.41, 5.74) is 4.26. The normalized spacial score (nSPS) is 19.9. The highest BCUT2D eigenvalue weighted by atomic mass is 32.1. The van der Waals surface area contributed by atoms with E-state index >= 15 is 0 Å². The predicted octanol–water partition coefficient (Wildman–Crippen LogP) is 3.66. The maximum atomic E-state index is 12.7. The van der Waals surface area contributed by atoms with Crippen molar-refractivity contribution < 1.29 is 9.69 Å². The lowest BCUT2D eigenvalue weighted by Gasteiger charge is -2.30. The maximum absolute atomic E-state index is 12.7. The summed E-state index contributed by atoms with van der Waals surface area (Å²) < 4.78 is 1.23. The molecule has 5 heteroatoms. The third-order valence-corrected chi connectivity index (χ3v) is 6.55. The number of nitrogens with zero attached hydrogens (tertiary/aromatic N) is 1. The third kappa shape index (κ3) is 4.04. The number of hydrogen-bond acceptors (Lipinski definition) is 3. The Bertz CT molecular complexity index is 932. The van der Waals surface area contributed by atoms with Gasteiger partial charge in [0, 0.05) is 12.1 Å².